The van der Waals surface area contributed by atoms with Crippen LogP contribution in [0.25, 0.3) is 10.9 Å². The van der Waals surface area contributed by atoms with Crippen molar-refractivity contribution in [2.45, 2.75) is 39.7 Å². The number of hydrogen-bond acceptors (Lipinski definition) is 3. The van der Waals surface area contributed by atoms with E-state index < -0.39 is 0 Å². The van der Waals surface area contributed by atoms with Gasteiger partial charge in [0.25, 0.3) is 0 Å². The van der Waals surface area contributed by atoms with Crippen LogP contribution in [-0.2, 0) is 17.7 Å². The van der Waals surface area contributed by atoms with E-state index in [-0.39, 0.29) is 5.43 Å². The summed E-state index contributed by atoms with van der Waals surface area (Å²) >= 11 is 0. The lowest BCUT2D eigenvalue weighted by Gasteiger charge is -2.26. The van der Waals surface area contributed by atoms with Crippen LogP contribution in [0.4, 0.5) is 0 Å². The molecule has 3 rings (SSSR count). The zero-order valence-corrected chi connectivity index (χ0v) is 14.2. The van der Waals surface area contributed by atoms with Crippen molar-refractivity contribution in [1.82, 2.24) is 9.88 Å². The zero-order chi connectivity index (χ0) is 16.2. The Kier molecular flexibility index (Phi) is 5.13. The first-order chi connectivity index (χ1) is 11.2. The number of rotatable bonds is 5. The highest BCUT2D eigenvalue weighted by Gasteiger charge is 2.16. The summed E-state index contributed by atoms with van der Waals surface area (Å²) in [7, 11) is 0. The average molecular weight is 314 g/mol. The highest BCUT2D eigenvalue weighted by atomic mass is 16.5. The van der Waals surface area contributed by atoms with Crippen LogP contribution in [0.5, 0.6) is 0 Å². The van der Waals surface area contributed by atoms with E-state index in [1.165, 1.54) is 12.0 Å². The molecule has 0 unspecified atom stereocenters. The second-order valence-electron chi connectivity index (χ2n) is 6.43. The highest BCUT2D eigenvalue weighted by molar-refractivity contribution is 5.80. The van der Waals surface area contributed by atoms with Crippen LogP contribution >= 0.6 is 0 Å². The number of pyridine rings is 1. The SMILES string of the molecule is CCCCc1ccc2[nH]c(C)c(CN3CCOCC3)c(=O)c2c1. The molecule has 4 nitrogen and oxygen atoms in total. The number of morpholine rings is 1. The van der Waals surface area contributed by atoms with E-state index in [0.717, 1.165) is 61.3 Å². The van der Waals surface area contributed by atoms with Gasteiger partial charge in [0.2, 0.25) is 0 Å². The van der Waals surface area contributed by atoms with Crippen LogP contribution in [0.15, 0.2) is 23.0 Å². The van der Waals surface area contributed by atoms with E-state index in [2.05, 4.69) is 28.9 Å². The molecule has 0 spiro atoms. The van der Waals surface area contributed by atoms with Gasteiger partial charge in [-0.15, -0.1) is 0 Å². The first-order valence-corrected chi connectivity index (χ1v) is 8.63. The lowest BCUT2D eigenvalue weighted by atomic mass is 10.0. The van der Waals surface area contributed by atoms with Gasteiger partial charge in [0.05, 0.1) is 13.2 Å². The van der Waals surface area contributed by atoms with E-state index >= 15 is 0 Å². The third-order valence-corrected chi connectivity index (χ3v) is 4.68. The minimum Gasteiger partial charge on any atom is -0.379 e. The number of aromatic nitrogens is 1. The smallest absolute Gasteiger partial charge is 0.194 e. The van der Waals surface area contributed by atoms with Crippen LogP contribution < -0.4 is 5.43 Å². The summed E-state index contributed by atoms with van der Waals surface area (Å²) in [6, 6.07) is 6.26. The molecule has 1 fully saturated rings. The number of aryl methyl sites for hydroxylation is 2. The van der Waals surface area contributed by atoms with Gasteiger partial charge in [-0.3, -0.25) is 9.69 Å². The minimum atomic E-state index is 0.182. The average Bonchev–Trinajstić information content (AvgIpc) is 2.58. The molecule has 23 heavy (non-hydrogen) atoms. The fourth-order valence-electron chi connectivity index (χ4n) is 3.21. The molecule has 0 radical (unpaired) electrons. The number of nitrogens with one attached hydrogen (secondary N) is 1. The highest BCUT2D eigenvalue weighted by Crippen LogP contribution is 2.16. The molecule has 2 heterocycles. The summed E-state index contributed by atoms with van der Waals surface area (Å²) in [4.78, 5) is 18.7. The minimum absolute atomic E-state index is 0.182. The van der Waals surface area contributed by atoms with Gasteiger partial charge in [0, 0.05) is 41.8 Å². The Morgan fingerprint density at radius 1 is 1.26 bits per heavy atom. The molecule has 4 heteroatoms. The number of aromatic amines is 1. The van der Waals surface area contributed by atoms with Crippen LogP contribution in [0, 0.1) is 6.92 Å². The number of benzene rings is 1. The molecule has 1 aliphatic heterocycles. The molecule has 2 aromatic rings. The van der Waals surface area contributed by atoms with E-state index in [0.29, 0.717) is 6.54 Å². The van der Waals surface area contributed by atoms with Gasteiger partial charge in [-0.25, -0.2) is 0 Å². The van der Waals surface area contributed by atoms with Gasteiger partial charge in [0.1, 0.15) is 0 Å². The molecule has 0 amide bonds. The lowest BCUT2D eigenvalue weighted by Crippen LogP contribution is -2.37. The standard InChI is InChI=1S/C19H26N2O2/c1-3-4-5-15-6-7-18-16(12-15)19(22)17(14(2)20-18)13-21-8-10-23-11-9-21/h6-7,12H,3-5,8-11,13H2,1-2H3,(H,20,22). The molecule has 1 aliphatic rings. The third-order valence-electron chi connectivity index (χ3n) is 4.68. The van der Waals surface area contributed by atoms with Crippen LogP contribution in [0.2, 0.25) is 0 Å². The number of unbranched alkanes of at least 4 members (excludes halogenated alkanes) is 1. The Balaban J connectivity index is 1.95. The Bertz CT molecular complexity index is 730. The largest absolute Gasteiger partial charge is 0.379 e. The quantitative estimate of drug-likeness (QED) is 0.923. The predicted octanol–water partition coefficient (Wildman–Crippen LogP) is 3.01. The van der Waals surface area contributed by atoms with Crippen molar-refractivity contribution in [1.29, 1.82) is 0 Å². The first kappa shape index (κ1) is 16.2. The summed E-state index contributed by atoms with van der Waals surface area (Å²) in [6.07, 6.45) is 3.37. The van der Waals surface area contributed by atoms with E-state index in [9.17, 15) is 4.79 Å². The number of H-pyrrole nitrogens is 1. The topological polar surface area (TPSA) is 45.3 Å². The second kappa shape index (κ2) is 7.28. The number of fused-ring (bicyclic) bond motifs is 1. The summed E-state index contributed by atoms with van der Waals surface area (Å²) in [5, 5.41) is 0.826. The van der Waals surface area contributed by atoms with E-state index in [4.69, 9.17) is 4.74 Å². The Morgan fingerprint density at radius 2 is 2.04 bits per heavy atom. The molecule has 0 bridgehead atoms. The number of nitrogens with zero attached hydrogens (tertiary/aromatic N) is 1. The Labute approximate surface area is 137 Å². The van der Waals surface area contributed by atoms with E-state index in [1.54, 1.807) is 0 Å². The monoisotopic (exact) mass is 314 g/mol. The summed E-state index contributed by atoms with van der Waals surface area (Å²) in [6.45, 7) is 8.21. The van der Waals surface area contributed by atoms with Gasteiger partial charge in [-0.2, -0.15) is 0 Å². The lowest BCUT2D eigenvalue weighted by molar-refractivity contribution is 0.0339. The van der Waals surface area contributed by atoms with Crippen LogP contribution in [0.1, 0.15) is 36.6 Å². The number of hydrogen-bond donors (Lipinski definition) is 1. The molecule has 0 saturated carbocycles. The van der Waals surface area contributed by atoms with Crippen LogP contribution in [0.3, 0.4) is 0 Å². The summed E-state index contributed by atoms with van der Waals surface area (Å²) < 4.78 is 5.39. The summed E-state index contributed by atoms with van der Waals surface area (Å²) in [5.41, 5.74) is 4.26. The van der Waals surface area contributed by atoms with Crippen molar-refractivity contribution in [3.05, 3.63) is 45.2 Å². The van der Waals surface area contributed by atoms with Crippen molar-refractivity contribution >= 4 is 10.9 Å². The van der Waals surface area contributed by atoms with Crippen molar-refractivity contribution < 1.29 is 4.74 Å². The van der Waals surface area contributed by atoms with Gasteiger partial charge in [-0.1, -0.05) is 19.4 Å². The number of ether oxygens (including phenoxy) is 1. The maximum Gasteiger partial charge on any atom is 0.194 e. The molecule has 1 aromatic carbocycles. The first-order valence-electron chi connectivity index (χ1n) is 8.63. The Hall–Kier alpha value is -1.65. The van der Waals surface area contributed by atoms with Crippen LogP contribution in [-0.4, -0.2) is 36.2 Å². The molecule has 0 aliphatic carbocycles. The van der Waals surface area contributed by atoms with Gasteiger partial charge in [-0.05, 0) is 37.5 Å². The maximum atomic E-state index is 13.0. The maximum absolute atomic E-state index is 13.0. The fourth-order valence-corrected chi connectivity index (χ4v) is 3.21. The van der Waals surface area contributed by atoms with Crippen molar-refractivity contribution in [2.24, 2.45) is 0 Å². The van der Waals surface area contributed by atoms with Gasteiger partial charge in [0.15, 0.2) is 5.43 Å². The Morgan fingerprint density at radius 3 is 2.78 bits per heavy atom. The third kappa shape index (κ3) is 3.65. The van der Waals surface area contributed by atoms with Crippen molar-refractivity contribution in [3.8, 4) is 0 Å². The molecular formula is C19H26N2O2. The molecule has 124 valence electrons. The van der Waals surface area contributed by atoms with Gasteiger partial charge < -0.3 is 9.72 Å². The molecule has 1 aromatic heterocycles. The molecule has 1 saturated heterocycles. The normalized spacial score (nSPS) is 16.1. The van der Waals surface area contributed by atoms with Gasteiger partial charge >= 0.3 is 0 Å². The van der Waals surface area contributed by atoms with E-state index in [1.807, 2.05) is 13.0 Å². The summed E-state index contributed by atoms with van der Waals surface area (Å²) in [5.74, 6) is 0. The molecule has 0 atom stereocenters. The zero-order valence-electron chi connectivity index (χ0n) is 14.2. The van der Waals surface area contributed by atoms with Crippen molar-refractivity contribution in [3.63, 3.8) is 0 Å². The second-order valence-corrected chi connectivity index (χ2v) is 6.43. The molecular weight excluding hydrogens is 288 g/mol. The van der Waals surface area contributed by atoms with Crippen molar-refractivity contribution in [2.75, 3.05) is 26.3 Å². The fraction of sp³-hybridized carbons (Fsp3) is 0.526. The predicted molar refractivity (Wildman–Crippen MR) is 94.0 cm³/mol. The molecule has 1 N–H and O–H groups in total.